The lowest BCUT2D eigenvalue weighted by Crippen LogP contribution is -2.56. The smallest absolute Gasteiger partial charge is 0.324 e. The lowest BCUT2D eigenvalue weighted by atomic mass is 9.85. The Morgan fingerprint density at radius 3 is 2.42 bits per heavy atom. The van der Waals surface area contributed by atoms with Crippen LogP contribution >= 0.6 is 23.1 Å². The number of carbonyl (C=O) groups is 3. The molecule has 0 unspecified atom stereocenters. The Morgan fingerprint density at radius 1 is 1.08 bits per heavy atom. The number of thioether (sulfide) groups is 1. The van der Waals surface area contributed by atoms with Crippen LogP contribution in [-0.2, 0) is 14.3 Å². The van der Waals surface area contributed by atoms with Gasteiger partial charge in [0.15, 0.2) is 5.13 Å². The lowest BCUT2D eigenvalue weighted by molar-refractivity contribution is -0.142. The van der Waals surface area contributed by atoms with Crippen molar-refractivity contribution in [1.29, 1.82) is 0 Å². The predicted molar refractivity (Wildman–Crippen MR) is 149 cm³/mol. The van der Waals surface area contributed by atoms with Crippen molar-refractivity contribution in [2.75, 3.05) is 57.1 Å². The number of urea groups is 2. The molecule has 212 valence electrons. The summed E-state index contributed by atoms with van der Waals surface area (Å²) in [4.78, 5) is 48.5. The van der Waals surface area contributed by atoms with Crippen LogP contribution < -0.4 is 5.32 Å². The number of hydrogen-bond acceptors (Lipinski definition) is 8. The average Bonchev–Trinajstić information content (AvgIpc) is 3.37. The Bertz CT molecular complexity index is 925. The van der Waals surface area contributed by atoms with Gasteiger partial charge in [0.25, 0.3) is 0 Å². The molecule has 12 heteroatoms. The van der Waals surface area contributed by atoms with Gasteiger partial charge in [-0.15, -0.1) is 11.8 Å². The quantitative estimate of drug-likeness (QED) is 0.364. The molecule has 2 aliphatic heterocycles. The standard InChI is InChI=1S/C26H41N5O5S2/c1-3-36-22(32)10-17-37-23-18-27-24(38-23)28-25(33)31(20-6-4-19(2)5-7-20)21-8-11-29(12-9-21)26(34)30-13-15-35-16-14-30/h18-21H,3-17H2,1-2H3,(H,27,28,33). The summed E-state index contributed by atoms with van der Waals surface area (Å²) in [5.41, 5.74) is 0. The highest BCUT2D eigenvalue weighted by atomic mass is 32.2. The number of esters is 1. The maximum Gasteiger partial charge on any atom is 0.324 e. The van der Waals surface area contributed by atoms with E-state index in [0.717, 1.165) is 42.7 Å². The Hall–Kier alpha value is -2.05. The van der Waals surface area contributed by atoms with Gasteiger partial charge in [0.1, 0.15) is 0 Å². The van der Waals surface area contributed by atoms with E-state index < -0.39 is 0 Å². The SMILES string of the molecule is CCOC(=O)CCSc1cnc(NC(=O)N(C2CCC(C)CC2)C2CCN(C(=O)N3CCOCC3)CC2)s1. The summed E-state index contributed by atoms with van der Waals surface area (Å²) in [5.74, 6) is 1.10. The van der Waals surface area contributed by atoms with Gasteiger partial charge < -0.3 is 24.2 Å². The zero-order valence-electron chi connectivity index (χ0n) is 22.6. The van der Waals surface area contributed by atoms with Crippen LogP contribution in [0.3, 0.4) is 0 Å². The van der Waals surface area contributed by atoms with Gasteiger partial charge in [0.2, 0.25) is 0 Å². The first-order chi connectivity index (χ1) is 18.4. The Kier molecular flexibility index (Phi) is 10.9. The molecule has 1 N–H and O–H groups in total. The number of amides is 4. The summed E-state index contributed by atoms with van der Waals surface area (Å²) in [6.45, 7) is 8.27. The number of hydrogen-bond donors (Lipinski definition) is 1. The van der Waals surface area contributed by atoms with E-state index in [2.05, 4.69) is 22.1 Å². The number of carbonyl (C=O) groups excluding carboxylic acids is 3. The number of piperidine rings is 1. The first-order valence-corrected chi connectivity index (χ1v) is 15.7. The number of anilines is 1. The highest BCUT2D eigenvalue weighted by Crippen LogP contribution is 2.33. The van der Waals surface area contributed by atoms with Gasteiger partial charge in [-0.1, -0.05) is 18.3 Å². The van der Waals surface area contributed by atoms with Crippen molar-refractivity contribution in [3.8, 4) is 0 Å². The molecular formula is C26H41N5O5S2. The molecule has 3 aliphatic rings. The molecule has 4 amide bonds. The largest absolute Gasteiger partial charge is 0.466 e. The zero-order valence-corrected chi connectivity index (χ0v) is 24.2. The van der Waals surface area contributed by atoms with Crippen molar-refractivity contribution >= 4 is 46.3 Å². The van der Waals surface area contributed by atoms with Gasteiger partial charge in [0.05, 0.1) is 36.6 Å². The number of aromatic nitrogens is 1. The molecule has 1 aliphatic carbocycles. The second-order valence-electron chi connectivity index (χ2n) is 10.2. The molecule has 2 saturated heterocycles. The number of thiazole rings is 1. The monoisotopic (exact) mass is 567 g/mol. The van der Waals surface area contributed by atoms with Crippen LogP contribution in [-0.4, -0.2) is 102 Å². The fourth-order valence-corrected chi connectivity index (χ4v) is 7.31. The average molecular weight is 568 g/mol. The summed E-state index contributed by atoms with van der Waals surface area (Å²) in [5, 5.41) is 3.63. The van der Waals surface area contributed by atoms with Gasteiger partial charge in [-0.2, -0.15) is 0 Å². The van der Waals surface area contributed by atoms with Gasteiger partial charge in [-0.05, 0) is 51.4 Å². The Labute approximate surface area is 233 Å². The molecule has 4 rings (SSSR count). The van der Waals surface area contributed by atoms with Crippen molar-refractivity contribution in [2.45, 2.75) is 75.1 Å². The zero-order chi connectivity index (χ0) is 26.9. The van der Waals surface area contributed by atoms with Gasteiger partial charge >= 0.3 is 18.0 Å². The molecule has 0 radical (unpaired) electrons. The first-order valence-electron chi connectivity index (χ1n) is 13.9. The fourth-order valence-electron chi connectivity index (χ4n) is 5.45. The van der Waals surface area contributed by atoms with Crippen molar-refractivity contribution in [3.05, 3.63) is 6.20 Å². The lowest BCUT2D eigenvalue weighted by Gasteiger charge is -2.44. The second kappa shape index (κ2) is 14.4. The van der Waals surface area contributed by atoms with Crippen LogP contribution in [0.4, 0.5) is 14.7 Å². The Balaban J connectivity index is 1.34. The van der Waals surface area contributed by atoms with E-state index in [1.54, 1.807) is 24.9 Å². The maximum absolute atomic E-state index is 13.7. The van der Waals surface area contributed by atoms with Gasteiger partial charge in [0, 0.05) is 44.0 Å². The van der Waals surface area contributed by atoms with Crippen LogP contribution in [0.15, 0.2) is 10.4 Å². The van der Waals surface area contributed by atoms with E-state index in [0.29, 0.717) is 69.2 Å². The molecule has 3 heterocycles. The third-order valence-corrected chi connectivity index (χ3v) is 9.69. The van der Waals surface area contributed by atoms with E-state index in [1.165, 1.54) is 11.3 Å². The maximum atomic E-state index is 13.7. The summed E-state index contributed by atoms with van der Waals surface area (Å²) in [7, 11) is 0. The topological polar surface area (TPSA) is 104 Å². The summed E-state index contributed by atoms with van der Waals surface area (Å²) in [6, 6.07) is 0.293. The molecule has 1 aromatic heterocycles. The summed E-state index contributed by atoms with van der Waals surface area (Å²) < 4.78 is 11.3. The molecule has 0 atom stereocenters. The van der Waals surface area contributed by atoms with Crippen molar-refractivity contribution in [1.82, 2.24) is 19.7 Å². The molecule has 1 saturated carbocycles. The number of nitrogens with one attached hydrogen (secondary N) is 1. The third-order valence-electron chi connectivity index (χ3n) is 7.58. The normalized spacial score (nSPS) is 22.7. The van der Waals surface area contributed by atoms with Gasteiger partial charge in [-0.3, -0.25) is 10.1 Å². The van der Waals surface area contributed by atoms with Crippen LogP contribution in [0.1, 0.15) is 58.8 Å². The van der Waals surface area contributed by atoms with Gasteiger partial charge in [-0.25, -0.2) is 14.6 Å². The van der Waals surface area contributed by atoms with Crippen LogP contribution in [0.2, 0.25) is 0 Å². The number of morpholine rings is 1. The number of likely N-dealkylation sites (tertiary alicyclic amines) is 1. The van der Waals surface area contributed by atoms with E-state index >= 15 is 0 Å². The minimum Gasteiger partial charge on any atom is -0.466 e. The molecule has 10 nitrogen and oxygen atoms in total. The molecule has 3 fully saturated rings. The van der Waals surface area contributed by atoms with Crippen LogP contribution in [0.25, 0.3) is 0 Å². The predicted octanol–water partition coefficient (Wildman–Crippen LogP) is 4.52. The molecule has 1 aromatic rings. The minimum absolute atomic E-state index is 0.0880. The van der Waals surface area contributed by atoms with E-state index in [9.17, 15) is 14.4 Å². The minimum atomic E-state index is -0.201. The number of ether oxygens (including phenoxy) is 2. The third kappa shape index (κ3) is 7.98. The summed E-state index contributed by atoms with van der Waals surface area (Å²) in [6.07, 6.45) is 7.92. The number of rotatable bonds is 8. The molecule has 0 aromatic carbocycles. The highest BCUT2D eigenvalue weighted by molar-refractivity contribution is 8.01. The fraction of sp³-hybridized carbons (Fsp3) is 0.769. The van der Waals surface area contributed by atoms with Crippen molar-refractivity contribution in [2.24, 2.45) is 5.92 Å². The molecule has 0 spiro atoms. The van der Waals surface area contributed by atoms with Crippen LogP contribution in [0, 0.1) is 5.92 Å². The second-order valence-corrected chi connectivity index (χ2v) is 12.7. The van der Waals surface area contributed by atoms with E-state index in [1.807, 2.05) is 9.80 Å². The van der Waals surface area contributed by atoms with Crippen LogP contribution in [0.5, 0.6) is 0 Å². The summed E-state index contributed by atoms with van der Waals surface area (Å²) >= 11 is 2.97. The van der Waals surface area contributed by atoms with E-state index in [4.69, 9.17) is 9.47 Å². The molecule has 0 bridgehead atoms. The van der Waals surface area contributed by atoms with E-state index in [-0.39, 0.29) is 30.1 Å². The first kappa shape index (κ1) is 28.9. The van der Waals surface area contributed by atoms with Crippen molar-refractivity contribution in [3.63, 3.8) is 0 Å². The molecule has 38 heavy (non-hydrogen) atoms. The molecular weight excluding hydrogens is 526 g/mol. The highest BCUT2D eigenvalue weighted by Gasteiger charge is 2.36. The Morgan fingerprint density at radius 2 is 1.74 bits per heavy atom. The van der Waals surface area contributed by atoms with Crippen molar-refractivity contribution < 1.29 is 23.9 Å². The number of nitrogens with zero attached hydrogens (tertiary/aromatic N) is 4.